The minimum atomic E-state index is -0.306. The number of carbonyl (C=O) groups excluding carboxylic acids is 1. The van der Waals surface area contributed by atoms with Gasteiger partial charge >= 0.3 is 5.97 Å². The molecule has 0 fully saturated rings. The van der Waals surface area contributed by atoms with Crippen LogP contribution in [0.5, 0.6) is 5.75 Å². The third-order valence-corrected chi connectivity index (χ3v) is 3.21. The van der Waals surface area contributed by atoms with E-state index in [-0.39, 0.29) is 12.6 Å². The zero-order chi connectivity index (χ0) is 15.2. The lowest BCUT2D eigenvalue weighted by Gasteiger charge is -2.09. The molecule has 3 heteroatoms. The highest BCUT2D eigenvalue weighted by molar-refractivity contribution is 5.91. The third kappa shape index (κ3) is 4.35. The lowest BCUT2D eigenvalue weighted by Crippen LogP contribution is -2.13. The molecular formula is C18H20O3. The van der Waals surface area contributed by atoms with E-state index in [0.717, 1.165) is 16.9 Å². The van der Waals surface area contributed by atoms with Gasteiger partial charge in [-0.05, 0) is 44.5 Å². The number of aryl methyl sites for hydroxylation is 3. The molecule has 0 atom stereocenters. The number of hydrogen-bond donors (Lipinski definition) is 0. The zero-order valence-electron chi connectivity index (χ0n) is 12.7. The molecule has 2 aromatic rings. The smallest absolute Gasteiger partial charge is 0.338 e. The molecule has 0 unspecified atom stereocenters. The number of benzene rings is 2. The average Bonchev–Trinajstić information content (AvgIpc) is 2.45. The Hall–Kier alpha value is -2.29. The summed E-state index contributed by atoms with van der Waals surface area (Å²) in [6, 6.07) is 13.5. The van der Waals surface area contributed by atoms with Crippen molar-refractivity contribution in [1.29, 1.82) is 0 Å². The van der Waals surface area contributed by atoms with Crippen LogP contribution in [-0.2, 0) is 4.74 Å². The summed E-state index contributed by atoms with van der Waals surface area (Å²) in [6.07, 6.45) is 0. The van der Waals surface area contributed by atoms with Crippen molar-refractivity contribution in [3.8, 4) is 5.75 Å². The van der Waals surface area contributed by atoms with E-state index in [9.17, 15) is 4.79 Å². The van der Waals surface area contributed by atoms with Crippen molar-refractivity contribution in [2.24, 2.45) is 0 Å². The molecule has 0 aliphatic heterocycles. The van der Waals surface area contributed by atoms with Gasteiger partial charge in [-0.15, -0.1) is 0 Å². The largest absolute Gasteiger partial charge is 0.490 e. The van der Waals surface area contributed by atoms with E-state index in [0.29, 0.717) is 12.2 Å². The van der Waals surface area contributed by atoms with Crippen molar-refractivity contribution < 1.29 is 14.3 Å². The predicted molar refractivity (Wildman–Crippen MR) is 82.9 cm³/mol. The SMILES string of the molecule is Cc1ccc(OCCOC(=O)c2ccc(C)cc2C)cc1. The second-order valence-corrected chi connectivity index (χ2v) is 5.12. The minimum absolute atomic E-state index is 0.236. The maximum absolute atomic E-state index is 12.0. The molecule has 0 saturated heterocycles. The van der Waals surface area contributed by atoms with Crippen LogP contribution in [0, 0.1) is 20.8 Å². The topological polar surface area (TPSA) is 35.5 Å². The van der Waals surface area contributed by atoms with Crippen LogP contribution in [0.15, 0.2) is 42.5 Å². The fourth-order valence-corrected chi connectivity index (χ4v) is 2.05. The normalized spacial score (nSPS) is 10.2. The molecule has 0 heterocycles. The van der Waals surface area contributed by atoms with E-state index in [4.69, 9.17) is 9.47 Å². The van der Waals surface area contributed by atoms with Crippen LogP contribution in [0.4, 0.5) is 0 Å². The van der Waals surface area contributed by atoms with Crippen LogP contribution in [0.25, 0.3) is 0 Å². The Morgan fingerprint density at radius 2 is 1.57 bits per heavy atom. The lowest BCUT2D eigenvalue weighted by atomic mass is 10.1. The van der Waals surface area contributed by atoms with Gasteiger partial charge in [0.2, 0.25) is 0 Å². The van der Waals surface area contributed by atoms with Crippen LogP contribution < -0.4 is 4.74 Å². The molecule has 0 amide bonds. The van der Waals surface area contributed by atoms with Gasteiger partial charge in [-0.1, -0.05) is 35.4 Å². The number of rotatable bonds is 5. The lowest BCUT2D eigenvalue weighted by molar-refractivity contribution is 0.0449. The van der Waals surface area contributed by atoms with Gasteiger partial charge in [0.25, 0.3) is 0 Å². The molecule has 0 radical (unpaired) electrons. The van der Waals surface area contributed by atoms with E-state index >= 15 is 0 Å². The van der Waals surface area contributed by atoms with Crippen molar-refractivity contribution in [2.75, 3.05) is 13.2 Å². The van der Waals surface area contributed by atoms with Crippen molar-refractivity contribution in [2.45, 2.75) is 20.8 Å². The van der Waals surface area contributed by atoms with Gasteiger partial charge in [0.15, 0.2) is 0 Å². The number of hydrogen-bond acceptors (Lipinski definition) is 3. The molecule has 110 valence electrons. The highest BCUT2D eigenvalue weighted by atomic mass is 16.6. The summed E-state index contributed by atoms with van der Waals surface area (Å²) in [5, 5.41) is 0. The molecule has 2 rings (SSSR count). The maximum Gasteiger partial charge on any atom is 0.338 e. The second kappa shape index (κ2) is 6.93. The quantitative estimate of drug-likeness (QED) is 0.618. The van der Waals surface area contributed by atoms with E-state index in [1.54, 1.807) is 6.07 Å². The van der Waals surface area contributed by atoms with Gasteiger partial charge in [0.1, 0.15) is 19.0 Å². The Labute approximate surface area is 125 Å². The average molecular weight is 284 g/mol. The van der Waals surface area contributed by atoms with Gasteiger partial charge in [0, 0.05) is 0 Å². The second-order valence-electron chi connectivity index (χ2n) is 5.12. The summed E-state index contributed by atoms with van der Waals surface area (Å²) in [4.78, 5) is 12.0. The van der Waals surface area contributed by atoms with Crippen LogP contribution in [0.2, 0.25) is 0 Å². The summed E-state index contributed by atoms with van der Waals surface area (Å²) in [7, 11) is 0. The fraction of sp³-hybridized carbons (Fsp3) is 0.278. The van der Waals surface area contributed by atoms with Crippen molar-refractivity contribution >= 4 is 5.97 Å². The standard InChI is InChI=1S/C18H20O3/c1-13-4-7-16(8-5-13)20-10-11-21-18(19)17-9-6-14(2)12-15(17)3/h4-9,12H,10-11H2,1-3H3. The van der Waals surface area contributed by atoms with Gasteiger partial charge in [-0.3, -0.25) is 0 Å². The highest BCUT2D eigenvalue weighted by Crippen LogP contribution is 2.13. The molecule has 21 heavy (non-hydrogen) atoms. The molecule has 0 aromatic heterocycles. The van der Waals surface area contributed by atoms with E-state index in [1.807, 2.05) is 57.2 Å². The molecule has 0 aliphatic rings. The number of esters is 1. The summed E-state index contributed by atoms with van der Waals surface area (Å²) < 4.78 is 10.7. The fourth-order valence-electron chi connectivity index (χ4n) is 2.05. The predicted octanol–water partition coefficient (Wildman–Crippen LogP) is 3.85. The monoisotopic (exact) mass is 284 g/mol. The maximum atomic E-state index is 12.0. The molecule has 0 bridgehead atoms. The number of ether oxygens (including phenoxy) is 2. The van der Waals surface area contributed by atoms with Gasteiger partial charge in [0.05, 0.1) is 5.56 Å². The first-order chi connectivity index (χ1) is 10.1. The molecule has 3 nitrogen and oxygen atoms in total. The summed E-state index contributed by atoms with van der Waals surface area (Å²) in [5.41, 5.74) is 3.85. The molecule has 0 aliphatic carbocycles. The summed E-state index contributed by atoms with van der Waals surface area (Å²) >= 11 is 0. The Kier molecular flexibility index (Phi) is 4.99. The van der Waals surface area contributed by atoms with Crippen molar-refractivity contribution in [1.82, 2.24) is 0 Å². The van der Waals surface area contributed by atoms with Crippen LogP contribution in [0.1, 0.15) is 27.0 Å². The molecule has 0 spiro atoms. The Morgan fingerprint density at radius 1 is 0.905 bits per heavy atom. The van der Waals surface area contributed by atoms with E-state index < -0.39 is 0 Å². The molecule has 0 N–H and O–H groups in total. The van der Waals surface area contributed by atoms with Gasteiger partial charge in [-0.25, -0.2) is 4.79 Å². The first-order valence-electron chi connectivity index (χ1n) is 7.00. The van der Waals surface area contributed by atoms with Gasteiger partial charge < -0.3 is 9.47 Å². The molecule has 2 aromatic carbocycles. The minimum Gasteiger partial charge on any atom is -0.490 e. The van der Waals surface area contributed by atoms with E-state index in [2.05, 4.69) is 0 Å². The zero-order valence-corrected chi connectivity index (χ0v) is 12.7. The Balaban J connectivity index is 1.80. The van der Waals surface area contributed by atoms with Crippen LogP contribution in [-0.4, -0.2) is 19.2 Å². The highest BCUT2D eigenvalue weighted by Gasteiger charge is 2.10. The summed E-state index contributed by atoms with van der Waals surface area (Å²) in [6.45, 7) is 6.51. The first-order valence-corrected chi connectivity index (χ1v) is 7.00. The number of carbonyl (C=O) groups is 1. The first kappa shape index (κ1) is 15.1. The van der Waals surface area contributed by atoms with Crippen molar-refractivity contribution in [3.05, 3.63) is 64.7 Å². The molecule has 0 saturated carbocycles. The Morgan fingerprint density at radius 3 is 2.24 bits per heavy atom. The summed E-state index contributed by atoms with van der Waals surface area (Å²) in [5.74, 6) is 0.475. The van der Waals surface area contributed by atoms with E-state index in [1.165, 1.54) is 5.56 Å². The Bertz CT molecular complexity index is 615. The van der Waals surface area contributed by atoms with Crippen molar-refractivity contribution in [3.63, 3.8) is 0 Å². The molecular weight excluding hydrogens is 264 g/mol. The van der Waals surface area contributed by atoms with Gasteiger partial charge in [-0.2, -0.15) is 0 Å². The third-order valence-electron chi connectivity index (χ3n) is 3.21. The van der Waals surface area contributed by atoms with Crippen LogP contribution in [0.3, 0.4) is 0 Å². The van der Waals surface area contributed by atoms with Crippen LogP contribution >= 0.6 is 0 Å².